The van der Waals surface area contributed by atoms with E-state index in [0.717, 1.165) is 53.4 Å². The number of hydrogen-bond acceptors (Lipinski definition) is 6. The Morgan fingerprint density at radius 2 is 1.86 bits per heavy atom. The van der Waals surface area contributed by atoms with Crippen molar-refractivity contribution < 1.29 is 9.15 Å². The molecule has 35 heavy (non-hydrogen) atoms. The fourth-order valence-corrected chi connectivity index (χ4v) is 4.20. The molecule has 0 saturated heterocycles. The highest BCUT2D eigenvalue weighted by atomic mass is 16.5. The van der Waals surface area contributed by atoms with Crippen LogP contribution in [0.4, 0.5) is 5.95 Å². The van der Waals surface area contributed by atoms with E-state index < -0.39 is 0 Å². The van der Waals surface area contributed by atoms with Crippen LogP contribution < -0.4 is 5.32 Å². The summed E-state index contributed by atoms with van der Waals surface area (Å²) in [6.07, 6.45) is 4.33. The molecule has 7 nitrogen and oxygen atoms in total. The lowest BCUT2D eigenvalue weighted by atomic mass is 10.0. The summed E-state index contributed by atoms with van der Waals surface area (Å²) in [5, 5.41) is 3.41. The summed E-state index contributed by atoms with van der Waals surface area (Å²) in [6, 6.07) is 22.5. The van der Waals surface area contributed by atoms with Gasteiger partial charge in [0.1, 0.15) is 17.1 Å². The maximum atomic E-state index is 5.60. The van der Waals surface area contributed by atoms with Gasteiger partial charge in [0.15, 0.2) is 5.65 Å². The molecule has 0 bridgehead atoms. The van der Waals surface area contributed by atoms with Crippen LogP contribution in [0.2, 0.25) is 0 Å². The number of ether oxygens (including phenoxy) is 1. The Labute approximate surface area is 204 Å². The Balaban J connectivity index is 1.46. The minimum absolute atomic E-state index is 0.335. The van der Waals surface area contributed by atoms with E-state index in [1.165, 1.54) is 5.56 Å². The first-order valence-corrected chi connectivity index (χ1v) is 11.9. The molecule has 2 aromatic carbocycles. The minimum Gasteiger partial charge on any atom is -0.464 e. The van der Waals surface area contributed by atoms with E-state index in [0.29, 0.717) is 18.5 Å². The van der Waals surface area contributed by atoms with Gasteiger partial charge < -0.3 is 19.0 Å². The summed E-state index contributed by atoms with van der Waals surface area (Å²) in [5.41, 5.74) is 4.86. The molecule has 0 spiro atoms. The third-order valence-electron chi connectivity index (χ3n) is 6.08. The highest BCUT2D eigenvalue weighted by molar-refractivity contribution is 5.78. The number of imidazole rings is 1. The first kappa shape index (κ1) is 22.8. The zero-order chi connectivity index (χ0) is 24.0. The van der Waals surface area contributed by atoms with Gasteiger partial charge in [-0.15, -0.1) is 0 Å². The number of nitrogens with zero attached hydrogens (tertiary/aromatic N) is 4. The van der Waals surface area contributed by atoms with Gasteiger partial charge in [-0.2, -0.15) is 4.98 Å². The maximum absolute atomic E-state index is 5.60. The molecular weight excluding hydrogens is 438 g/mol. The second-order valence-electron chi connectivity index (χ2n) is 8.59. The first-order chi connectivity index (χ1) is 17.2. The summed E-state index contributed by atoms with van der Waals surface area (Å²) < 4.78 is 13.1. The van der Waals surface area contributed by atoms with E-state index in [1.807, 2.05) is 30.3 Å². The maximum Gasteiger partial charge on any atom is 0.224 e. The molecule has 0 unspecified atom stereocenters. The molecule has 1 N–H and O–H groups in total. The fraction of sp³-hybridized carbons (Fsp3) is 0.250. The molecule has 0 fully saturated rings. The average Bonchev–Trinajstić information content (AvgIpc) is 3.57. The lowest BCUT2D eigenvalue weighted by Gasteiger charge is -2.13. The number of anilines is 1. The Kier molecular flexibility index (Phi) is 6.86. The molecule has 5 rings (SSSR count). The van der Waals surface area contributed by atoms with Crippen molar-refractivity contribution in [1.82, 2.24) is 19.5 Å². The van der Waals surface area contributed by atoms with E-state index in [-0.39, 0.29) is 0 Å². The van der Waals surface area contributed by atoms with Crippen LogP contribution in [0, 0.1) is 0 Å². The monoisotopic (exact) mass is 467 g/mol. The van der Waals surface area contributed by atoms with Gasteiger partial charge in [0, 0.05) is 37.9 Å². The van der Waals surface area contributed by atoms with Crippen molar-refractivity contribution in [3.63, 3.8) is 0 Å². The highest BCUT2D eigenvalue weighted by Crippen LogP contribution is 2.29. The Morgan fingerprint density at radius 3 is 2.66 bits per heavy atom. The SMILES string of the molecule is COCCCn1c(-c2cccc(-c3ccco3)c2)nc2cnc(NC[C@H](C)c3ccccc3)nc21. The van der Waals surface area contributed by atoms with Gasteiger partial charge in [-0.05, 0) is 36.1 Å². The van der Waals surface area contributed by atoms with Gasteiger partial charge in [-0.25, -0.2) is 9.97 Å². The summed E-state index contributed by atoms with van der Waals surface area (Å²) in [5.74, 6) is 2.62. The van der Waals surface area contributed by atoms with Crippen LogP contribution in [-0.2, 0) is 11.3 Å². The molecule has 0 radical (unpaired) electrons. The van der Waals surface area contributed by atoms with Crippen molar-refractivity contribution in [2.75, 3.05) is 25.6 Å². The van der Waals surface area contributed by atoms with Crippen molar-refractivity contribution in [1.29, 1.82) is 0 Å². The topological polar surface area (TPSA) is 78.0 Å². The number of furan rings is 1. The van der Waals surface area contributed by atoms with Gasteiger partial charge in [0.2, 0.25) is 5.95 Å². The number of aromatic nitrogens is 4. The number of benzene rings is 2. The van der Waals surface area contributed by atoms with Crippen molar-refractivity contribution >= 4 is 17.1 Å². The number of rotatable bonds is 10. The second kappa shape index (κ2) is 10.5. The second-order valence-corrected chi connectivity index (χ2v) is 8.59. The van der Waals surface area contributed by atoms with Gasteiger partial charge in [-0.1, -0.05) is 55.5 Å². The van der Waals surface area contributed by atoms with Crippen LogP contribution in [0.25, 0.3) is 33.9 Å². The van der Waals surface area contributed by atoms with Gasteiger partial charge in [0.25, 0.3) is 0 Å². The predicted molar refractivity (Wildman–Crippen MR) is 138 cm³/mol. The smallest absolute Gasteiger partial charge is 0.224 e. The Hall–Kier alpha value is -3.97. The molecule has 5 aromatic rings. The third kappa shape index (κ3) is 5.10. The fourth-order valence-electron chi connectivity index (χ4n) is 4.20. The van der Waals surface area contributed by atoms with Crippen LogP contribution >= 0.6 is 0 Å². The van der Waals surface area contributed by atoms with Crippen molar-refractivity contribution in [2.45, 2.75) is 25.8 Å². The molecule has 0 amide bonds. The molecule has 7 heteroatoms. The summed E-state index contributed by atoms with van der Waals surface area (Å²) in [6.45, 7) is 4.34. The van der Waals surface area contributed by atoms with Crippen molar-refractivity contribution in [2.24, 2.45) is 0 Å². The van der Waals surface area contributed by atoms with Gasteiger partial charge >= 0.3 is 0 Å². The zero-order valence-corrected chi connectivity index (χ0v) is 20.0. The van der Waals surface area contributed by atoms with Gasteiger partial charge in [0.05, 0.1) is 12.5 Å². The van der Waals surface area contributed by atoms with E-state index in [4.69, 9.17) is 19.1 Å². The van der Waals surface area contributed by atoms with E-state index in [9.17, 15) is 0 Å². The van der Waals surface area contributed by atoms with E-state index in [1.54, 1.807) is 19.6 Å². The van der Waals surface area contributed by atoms with Crippen LogP contribution in [0.5, 0.6) is 0 Å². The molecule has 0 aliphatic carbocycles. The quantitative estimate of drug-likeness (QED) is 0.254. The standard InChI is InChI=1S/C28H29N5O2/c1-20(21-9-4-3-5-10-21)18-29-28-30-19-24-27(32-28)33(14-8-15-34-2)26(31-24)23-12-6-11-22(17-23)25-13-7-16-35-25/h3-7,9-13,16-17,19-20H,8,14-15,18H2,1-2H3,(H,29,30,32)/t20-/m0/s1. The number of aryl methyl sites for hydroxylation is 1. The molecule has 178 valence electrons. The van der Waals surface area contributed by atoms with Crippen molar-refractivity contribution in [3.8, 4) is 22.7 Å². The Bertz CT molecular complexity index is 1380. The number of methoxy groups -OCH3 is 1. The minimum atomic E-state index is 0.335. The molecule has 0 aliphatic heterocycles. The molecule has 3 aromatic heterocycles. The van der Waals surface area contributed by atoms with Crippen LogP contribution in [0.1, 0.15) is 24.8 Å². The van der Waals surface area contributed by atoms with E-state index >= 15 is 0 Å². The van der Waals surface area contributed by atoms with Crippen LogP contribution in [0.3, 0.4) is 0 Å². The lowest BCUT2D eigenvalue weighted by Crippen LogP contribution is -2.12. The van der Waals surface area contributed by atoms with Gasteiger partial charge in [-0.3, -0.25) is 0 Å². The van der Waals surface area contributed by atoms with Crippen LogP contribution in [0.15, 0.2) is 83.6 Å². The third-order valence-corrected chi connectivity index (χ3v) is 6.08. The number of nitrogens with one attached hydrogen (secondary N) is 1. The average molecular weight is 468 g/mol. The first-order valence-electron chi connectivity index (χ1n) is 11.9. The number of fused-ring (bicyclic) bond motifs is 1. The van der Waals surface area contributed by atoms with Crippen molar-refractivity contribution in [3.05, 3.63) is 84.8 Å². The largest absolute Gasteiger partial charge is 0.464 e. The van der Waals surface area contributed by atoms with Crippen LogP contribution in [-0.4, -0.2) is 39.8 Å². The molecule has 0 aliphatic rings. The molecule has 0 saturated carbocycles. The Morgan fingerprint density at radius 1 is 1.00 bits per heavy atom. The molecule has 1 atom stereocenters. The van der Waals surface area contributed by atoms with E-state index in [2.05, 4.69) is 58.2 Å². The summed E-state index contributed by atoms with van der Waals surface area (Å²) in [7, 11) is 1.72. The molecule has 3 heterocycles. The zero-order valence-electron chi connectivity index (χ0n) is 20.0. The number of hydrogen-bond donors (Lipinski definition) is 1. The highest BCUT2D eigenvalue weighted by Gasteiger charge is 2.16. The predicted octanol–water partition coefficient (Wildman–Crippen LogP) is 6.01. The summed E-state index contributed by atoms with van der Waals surface area (Å²) >= 11 is 0. The summed E-state index contributed by atoms with van der Waals surface area (Å²) in [4.78, 5) is 14.3. The molecular formula is C28H29N5O2. The normalized spacial score (nSPS) is 12.2. The lowest BCUT2D eigenvalue weighted by molar-refractivity contribution is 0.191.